The van der Waals surface area contributed by atoms with Crippen LogP contribution in [-0.2, 0) is 18.4 Å². The van der Waals surface area contributed by atoms with Crippen molar-refractivity contribution in [3.8, 4) is 34.1 Å². The molecule has 4 heteroatoms. The molecule has 6 rings (SSSR count). The summed E-state index contributed by atoms with van der Waals surface area (Å²) >= 11 is 0. The first kappa shape index (κ1) is 34.7. The van der Waals surface area contributed by atoms with Crippen LogP contribution >= 0.6 is 0 Å². The maximum absolute atomic E-state index is 6.84. The largest absolute Gasteiger partial charge is 0.490 e. The summed E-state index contributed by atoms with van der Waals surface area (Å²) < 4.78 is 27.0. The molecule has 4 nitrogen and oxygen atoms in total. The fourth-order valence-electron chi connectivity index (χ4n) is 8.69. The topological polar surface area (TPSA) is 36.9 Å². The van der Waals surface area contributed by atoms with Crippen LogP contribution in [0.5, 0.6) is 23.0 Å². The first-order valence-corrected chi connectivity index (χ1v) is 19.1. The Morgan fingerprint density at radius 2 is 1.40 bits per heavy atom. The molecule has 0 saturated heterocycles. The molecule has 3 aromatic rings. The highest BCUT2D eigenvalue weighted by atomic mass is 16.5. The first-order valence-electron chi connectivity index (χ1n) is 19.1. The van der Waals surface area contributed by atoms with E-state index in [4.69, 9.17) is 18.9 Å². The SMILES string of the molecule is CCCCCc1cc(OCCOc2cc(CCCCC)cc3c2[C@@H]2C[C@H](C)CC[C@H]2C(C)(C)O3)c2c(c1)OC(C)(C)c1ccc(C)cc1-2. The number of rotatable bonds is 13. The molecule has 0 bridgehead atoms. The number of fused-ring (bicyclic) bond motifs is 6. The van der Waals surface area contributed by atoms with E-state index in [0.29, 0.717) is 31.0 Å². The average molecular weight is 653 g/mol. The van der Waals surface area contributed by atoms with Crippen molar-refractivity contribution < 1.29 is 18.9 Å². The van der Waals surface area contributed by atoms with Gasteiger partial charge in [0.2, 0.25) is 0 Å². The number of ether oxygens (including phenoxy) is 4. The molecule has 0 N–H and O–H groups in total. The van der Waals surface area contributed by atoms with Crippen molar-refractivity contribution in [2.45, 2.75) is 143 Å². The zero-order valence-corrected chi connectivity index (χ0v) is 31.1. The number of unbranched alkanes of at least 4 members (excludes halogenated alkanes) is 4. The maximum Gasteiger partial charge on any atom is 0.132 e. The van der Waals surface area contributed by atoms with Crippen molar-refractivity contribution in [3.05, 3.63) is 70.3 Å². The Hall–Kier alpha value is -3.14. The van der Waals surface area contributed by atoms with Crippen molar-refractivity contribution in [1.29, 1.82) is 0 Å². The number of aryl methyl sites for hydroxylation is 3. The standard InChI is InChI=1S/C44H60O4/c1-9-11-13-15-31-25-37(41-33-23-29(3)17-19-35(33)43(5,6)47-39(41)27-31)45-21-22-46-38-26-32(16-14-12-10-2)28-40-42(38)34-24-30(4)18-20-36(34)44(7,8)48-40/h17,19,23,25-28,30,34,36H,9-16,18,20-22,24H2,1-8H3/t30-,34-,36-/m1/s1. The Bertz CT molecular complexity index is 1580. The molecule has 1 aliphatic carbocycles. The molecule has 1 saturated carbocycles. The molecule has 1 fully saturated rings. The number of benzene rings is 3. The summed E-state index contributed by atoms with van der Waals surface area (Å²) in [6, 6.07) is 15.8. The molecule has 3 atom stereocenters. The van der Waals surface area contributed by atoms with Gasteiger partial charge in [-0.25, -0.2) is 0 Å². The Morgan fingerprint density at radius 1 is 0.750 bits per heavy atom. The van der Waals surface area contributed by atoms with E-state index in [1.54, 1.807) is 0 Å². The van der Waals surface area contributed by atoms with E-state index in [1.807, 2.05) is 0 Å². The fourth-order valence-corrected chi connectivity index (χ4v) is 8.69. The Morgan fingerprint density at radius 3 is 2.08 bits per heavy atom. The van der Waals surface area contributed by atoms with Crippen LogP contribution in [0.4, 0.5) is 0 Å². The molecule has 3 aromatic carbocycles. The van der Waals surface area contributed by atoms with Crippen LogP contribution in [0.3, 0.4) is 0 Å². The van der Waals surface area contributed by atoms with Gasteiger partial charge in [0.05, 0.1) is 5.56 Å². The zero-order chi connectivity index (χ0) is 34.1. The lowest BCUT2D eigenvalue weighted by Crippen LogP contribution is -2.46. The summed E-state index contributed by atoms with van der Waals surface area (Å²) in [6.07, 6.45) is 13.0. The molecule has 3 aliphatic rings. The van der Waals surface area contributed by atoms with E-state index >= 15 is 0 Å². The van der Waals surface area contributed by atoms with Gasteiger partial charge in [0.1, 0.15) is 47.4 Å². The minimum absolute atomic E-state index is 0.174. The molecule has 0 spiro atoms. The molecular formula is C44H60O4. The van der Waals surface area contributed by atoms with Gasteiger partial charge in [0.25, 0.3) is 0 Å². The highest BCUT2D eigenvalue weighted by Crippen LogP contribution is 2.56. The Kier molecular flexibility index (Phi) is 10.4. The molecule has 2 aliphatic heterocycles. The van der Waals surface area contributed by atoms with Gasteiger partial charge in [0, 0.05) is 17.0 Å². The van der Waals surface area contributed by atoms with Gasteiger partial charge >= 0.3 is 0 Å². The quantitative estimate of drug-likeness (QED) is 0.172. The second-order valence-electron chi connectivity index (χ2n) is 16.1. The highest BCUT2D eigenvalue weighted by molar-refractivity contribution is 5.82. The minimum atomic E-state index is -0.412. The summed E-state index contributed by atoms with van der Waals surface area (Å²) in [5, 5.41) is 0. The van der Waals surface area contributed by atoms with E-state index in [-0.39, 0.29) is 5.60 Å². The predicted octanol–water partition coefficient (Wildman–Crippen LogP) is 11.9. The smallest absolute Gasteiger partial charge is 0.132 e. The monoisotopic (exact) mass is 652 g/mol. The second-order valence-corrected chi connectivity index (χ2v) is 16.1. The lowest BCUT2D eigenvalue weighted by molar-refractivity contribution is -0.0149. The lowest BCUT2D eigenvalue weighted by atomic mass is 9.64. The Labute approximate surface area is 290 Å². The normalized spacial score (nSPS) is 21.5. The van der Waals surface area contributed by atoms with Crippen molar-refractivity contribution in [3.63, 3.8) is 0 Å². The van der Waals surface area contributed by atoms with Crippen LogP contribution in [0.25, 0.3) is 11.1 Å². The van der Waals surface area contributed by atoms with Crippen LogP contribution in [0.15, 0.2) is 42.5 Å². The van der Waals surface area contributed by atoms with Crippen LogP contribution in [0.2, 0.25) is 0 Å². The van der Waals surface area contributed by atoms with Crippen LogP contribution in [0, 0.1) is 18.8 Å². The van der Waals surface area contributed by atoms with E-state index in [1.165, 1.54) is 84.7 Å². The first-order chi connectivity index (χ1) is 23.0. The minimum Gasteiger partial charge on any atom is -0.490 e. The molecule has 2 heterocycles. The van der Waals surface area contributed by atoms with Gasteiger partial charge in [-0.2, -0.15) is 0 Å². The van der Waals surface area contributed by atoms with E-state index in [2.05, 4.69) is 97.9 Å². The molecule has 0 radical (unpaired) electrons. The van der Waals surface area contributed by atoms with Crippen LogP contribution in [-0.4, -0.2) is 18.8 Å². The third kappa shape index (κ3) is 7.24. The molecule has 0 amide bonds. The molecular weight excluding hydrogens is 592 g/mol. The second kappa shape index (κ2) is 14.4. The Balaban J connectivity index is 1.28. The van der Waals surface area contributed by atoms with Gasteiger partial charge in [-0.1, -0.05) is 76.6 Å². The molecule has 0 unspecified atom stereocenters. The van der Waals surface area contributed by atoms with Crippen molar-refractivity contribution in [1.82, 2.24) is 0 Å². The van der Waals surface area contributed by atoms with Crippen molar-refractivity contribution in [2.75, 3.05) is 13.2 Å². The van der Waals surface area contributed by atoms with Gasteiger partial charge in [0.15, 0.2) is 0 Å². The van der Waals surface area contributed by atoms with Crippen LogP contribution in [0.1, 0.15) is 140 Å². The predicted molar refractivity (Wildman–Crippen MR) is 198 cm³/mol. The average Bonchev–Trinajstić information content (AvgIpc) is 3.02. The van der Waals surface area contributed by atoms with Gasteiger partial charge in [-0.3, -0.25) is 0 Å². The van der Waals surface area contributed by atoms with Gasteiger partial charge < -0.3 is 18.9 Å². The summed E-state index contributed by atoms with van der Waals surface area (Å²) in [6.45, 7) is 19.0. The zero-order valence-electron chi connectivity index (χ0n) is 31.1. The summed E-state index contributed by atoms with van der Waals surface area (Å²) in [7, 11) is 0. The summed E-state index contributed by atoms with van der Waals surface area (Å²) in [5.41, 5.74) is 8.01. The third-order valence-electron chi connectivity index (χ3n) is 11.2. The number of hydrogen-bond donors (Lipinski definition) is 0. The van der Waals surface area contributed by atoms with Crippen molar-refractivity contribution >= 4 is 0 Å². The van der Waals surface area contributed by atoms with E-state index in [9.17, 15) is 0 Å². The van der Waals surface area contributed by atoms with E-state index < -0.39 is 5.60 Å². The highest BCUT2D eigenvalue weighted by Gasteiger charge is 2.47. The number of hydrogen-bond acceptors (Lipinski definition) is 4. The van der Waals surface area contributed by atoms with Gasteiger partial charge in [-0.15, -0.1) is 0 Å². The third-order valence-corrected chi connectivity index (χ3v) is 11.2. The fraction of sp³-hybridized carbons (Fsp3) is 0.591. The molecule has 260 valence electrons. The molecule has 48 heavy (non-hydrogen) atoms. The van der Waals surface area contributed by atoms with Crippen molar-refractivity contribution in [2.24, 2.45) is 11.8 Å². The van der Waals surface area contributed by atoms with Crippen LogP contribution < -0.4 is 18.9 Å². The molecule has 0 aromatic heterocycles. The van der Waals surface area contributed by atoms with E-state index in [0.717, 1.165) is 47.8 Å². The lowest BCUT2D eigenvalue weighted by Gasteiger charge is -2.49. The van der Waals surface area contributed by atoms with Gasteiger partial charge in [-0.05, 0) is 126 Å². The summed E-state index contributed by atoms with van der Waals surface area (Å²) in [5.74, 6) is 5.54. The summed E-state index contributed by atoms with van der Waals surface area (Å²) in [4.78, 5) is 0. The maximum atomic E-state index is 6.84.